The SMILES string of the molecule is O=C(O)NCC(O)c1ccc([N+](=O)[O-])cc1. The van der Waals surface area contributed by atoms with Crippen molar-refractivity contribution in [2.24, 2.45) is 0 Å². The van der Waals surface area contributed by atoms with Crippen molar-refractivity contribution in [2.75, 3.05) is 6.54 Å². The number of amides is 1. The summed E-state index contributed by atoms with van der Waals surface area (Å²) in [7, 11) is 0. The molecule has 16 heavy (non-hydrogen) atoms. The summed E-state index contributed by atoms with van der Waals surface area (Å²) in [6.45, 7) is -0.160. The second-order valence-electron chi connectivity index (χ2n) is 3.05. The fourth-order valence-electron chi connectivity index (χ4n) is 1.12. The molecule has 1 atom stereocenters. The van der Waals surface area contributed by atoms with Crippen LogP contribution in [0.25, 0.3) is 0 Å². The first-order chi connectivity index (χ1) is 7.50. The Labute approximate surface area is 90.5 Å². The molecule has 86 valence electrons. The number of rotatable bonds is 4. The van der Waals surface area contributed by atoms with Gasteiger partial charge >= 0.3 is 6.09 Å². The lowest BCUT2D eigenvalue weighted by atomic mass is 10.1. The normalized spacial score (nSPS) is 11.8. The summed E-state index contributed by atoms with van der Waals surface area (Å²) >= 11 is 0. The average molecular weight is 226 g/mol. The monoisotopic (exact) mass is 226 g/mol. The second kappa shape index (κ2) is 5.08. The van der Waals surface area contributed by atoms with Crippen LogP contribution in [-0.4, -0.2) is 27.8 Å². The van der Waals surface area contributed by atoms with Crippen molar-refractivity contribution in [3.8, 4) is 0 Å². The van der Waals surface area contributed by atoms with Crippen LogP contribution in [0, 0.1) is 10.1 Å². The Morgan fingerprint density at radius 3 is 2.44 bits per heavy atom. The summed E-state index contributed by atoms with van der Waals surface area (Å²) in [6, 6.07) is 5.26. The van der Waals surface area contributed by atoms with Gasteiger partial charge in [0.05, 0.1) is 17.6 Å². The molecule has 1 unspecified atom stereocenters. The number of aliphatic hydroxyl groups excluding tert-OH is 1. The Hall–Kier alpha value is -2.15. The minimum atomic E-state index is -1.24. The molecule has 0 radical (unpaired) electrons. The number of hydrogen-bond acceptors (Lipinski definition) is 4. The van der Waals surface area contributed by atoms with Crippen molar-refractivity contribution in [3.05, 3.63) is 39.9 Å². The maximum absolute atomic E-state index is 10.4. The molecule has 0 aromatic heterocycles. The van der Waals surface area contributed by atoms with Gasteiger partial charge in [0.1, 0.15) is 0 Å². The van der Waals surface area contributed by atoms with Crippen LogP contribution < -0.4 is 5.32 Å². The van der Waals surface area contributed by atoms with Crippen molar-refractivity contribution < 1.29 is 19.9 Å². The Balaban J connectivity index is 2.66. The lowest BCUT2D eigenvalue weighted by Crippen LogP contribution is -2.26. The van der Waals surface area contributed by atoms with Crippen LogP contribution in [0.3, 0.4) is 0 Å². The number of nitrogens with zero attached hydrogens (tertiary/aromatic N) is 1. The zero-order valence-electron chi connectivity index (χ0n) is 8.16. The zero-order chi connectivity index (χ0) is 12.1. The first-order valence-electron chi connectivity index (χ1n) is 4.40. The predicted molar refractivity (Wildman–Crippen MR) is 54.1 cm³/mol. The van der Waals surface area contributed by atoms with E-state index >= 15 is 0 Å². The number of nitro benzene ring substituents is 1. The van der Waals surface area contributed by atoms with Gasteiger partial charge < -0.3 is 15.5 Å². The van der Waals surface area contributed by atoms with Gasteiger partial charge in [-0.1, -0.05) is 0 Å². The number of hydrogen-bond donors (Lipinski definition) is 3. The number of aliphatic hydroxyl groups is 1. The van der Waals surface area contributed by atoms with E-state index < -0.39 is 17.1 Å². The molecule has 0 spiro atoms. The van der Waals surface area contributed by atoms with Crippen LogP contribution in [0.4, 0.5) is 10.5 Å². The van der Waals surface area contributed by atoms with Gasteiger partial charge in [0.25, 0.3) is 5.69 Å². The maximum atomic E-state index is 10.4. The quantitative estimate of drug-likeness (QED) is 0.521. The molecule has 7 nitrogen and oxygen atoms in total. The summed E-state index contributed by atoms with van der Waals surface area (Å²) in [4.78, 5) is 20.0. The van der Waals surface area contributed by atoms with E-state index in [1.807, 2.05) is 5.32 Å². The Kier molecular flexibility index (Phi) is 3.78. The number of nitrogens with one attached hydrogen (secondary N) is 1. The molecule has 0 saturated carbocycles. The topological polar surface area (TPSA) is 113 Å². The van der Waals surface area contributed by atoms with E-state index in [0.29, 0.717) is 5.56 Å². The maximum Gasteiger partial charge on any atom is 0.404 e. The first kappa shape index (κ1) is 11.9. The third kappa shape index (κ3) is 3.21. The van der Waals surface area contributed by atoms with Crippen LogP contribution in [0.5, 0.6) is 0 Å². The number of carboxylic acid groups (broad SMARTS) is 1. The summed E-state index contributed by atoms with van der Waals surface area (Å²) < 4.78 is 0. The van der Waals surface area contributed by atoms with E-state index in [1.54, 1.807) is 0 Å². The fraction of sp³-hybridized carbons (Fsp3) is 0.222. The van der Waals surface area contributed by atoms with Gasteiger partial charge in [-0.05, 0) is 17.7 Å². The molecule has 1 rings (SSSR count). The van der Waals surface area contributed by atoms with E-state index in [0.717, 1.165) is 0 Å². The molecule has 1 amide bonds. The van der Waals surface area contributed by atoms with Gasteiger partial charge in [-0.2, -0.15) is 0 Å². The minimum Gasteiger partial charge on any atom is -0.465 e. The van der Waals surface area contributed by atoms with Crippen LogP contribution >= 0.6 is 0 Å². The van der Waals surface area contributed by atoms with Crippen molar-refractivity contribution in [2.45, 2.75) is 6.10 Å². The molecule has 7 heteroatoms. The van der Waals surface area contributed by atoms with E-state index in [-0.39, 0.29) is 12.2 Å². The number of benzene rings is 1. The smallest absolute Gasteiger partial charge is 0.404 e. The predicted octanol–water partition coefficient (Wildman–Crippen LogP) is 0.896. The number of non-ortho nitro benzene ring substituents is 1. The molecular formula is C9H10N2O5. The molecule has 1 aromatic carbocycles. The largest absolute Gasteiger partial charge is 0.465 e. The Bertz CT molecular complexity index is 389. The van der Waals surface area contributed by atoms with Gasteiger partial charge in [0, 0.05) is 12.1 Å². The third-order valence-electron chi connectivity index (χ3n) is 1.94. The number of nitro groups is 1. The van der Waals surface area contributed by atoms with Crippen LogP contribution in [0.1, 0.15) is 11.7 Å². The molecule has 3 N–H and O–H groups in total. The molecule has 0 bridgehead atoms. The first-order valence-corrected chi connectivity index (χ1v) is 4.40. The highest BCUT2D eigenvalue weighted by molar-refractivity contribution is 5.64. The molecular weight excluding hydrogens is 216 g/mol. The third-order valence-corrected chi connectivity index (χ3v) is 1.94. The van der Waals surface area contributed by atoms with Crippen LogP contribution in [-0.2, 0) is 0 Å². The van der Waals surface area contributed by atoms with Crippen molar-refractivity contribution in [3.63, 3.8) is 0 Å². The molecule has 0 heterocycles. The standard InChI is InChI=1S/C9H10N2O5/c12-8(5-10-9(13)14)6-1-3-7(4-2-6)11(15)16/h1-4,8,10,12H,5H2,(H,13,14). The molecule has 0 aliphatic heterocycles. The molecule has 0 aliphatic rings. The number of carbonyl (C=O) groups is 1. The lowest BCUT2D eigenvalue weighted by molar-refractivity contribution is -0.384. The molecule has 0 saturated heterocycles. The molecule has 1 aromatic rings. The van der Waals surface area contributed by atoms with Crippen molar-refractivity contribution >= 4 is 11.8 Å². The average Bonchev–Trinajstić information content (AvgIpc) is 2.26. The second-order valence-corrected chi connectivity index (χ2v) is 3.05. The van der Waals surface area contributed by atoms with Crippen LogP contribution in [0.15, 0.2) is 24.3 Å². The van der Waals surface area contributed by atoms with Gasteiger partial charge in [0.2, 0.25) is 0 Å². The highest BCUT2D eigenvalue weighted by Gasteiger charge is 2.11. The van der Waals surface area contributed by atoms with E-state index in [2.05, 4.69) is 0 Å². The van der Waals surface area contributed by atoms with Crippen LogP contribution in [0.2, 0.25) is 0 Å². The van der Waals surface area contributed by atoms with Gasteiger partial charge in [-0.25, -0.2) is 4.79 Å². The summed E-state index contributed by atoms with van der Waals surface area (Å²) in [6.07, 6.45) is -2.25. The summed E-state index contributed by atoms with van der Waals surface area (Å²) in [5.74, 6) is 0. The Morgan fingerprint density at radius 2 is 2.00 bits per heavy atom. The van der Waals surface area contributed by atoms with E-state index in [4.69, 9.17) is 5.11 Å². The van der Waals surface area contributed by atoms with Crippen molar-refractivity contribution in [1.82, 2.24) is 5.32 Å². The summed E-state index contributed by atoms with van der Waals surface area (Å²) in [5.41, 5.74) is 0.335. The Morgan fingerprint density at radius 1 is 1.44 bits per heavy atom. The van der Waals surface area contributed by atoms with E-state index in [9.17, 15) is 20.0 Å². The van der Waals surface area contributed by atoms with Gasteiger partial charge in [0.15, 0.2) is 0 Å². The lowest BCUT2D eigenvalue weighted by Gasteiger charge is -2.09. The van der Waals surface area contributed by atoms with E-state index in [1.165, 1.54) is 24.3 Å². The minimum absolute atomic E-state index is 0.0813. The van der Waals surface area contributed by atoms with Crippen molar-refractivity contribution in [1.29, 1.82) is 0 Å². The zero-order valence-corrected chi connectivity index (χ0v) is 8.16. The summed E-state index contributed by atoms with van der Waals surface area (Å²) in [5, 5.41) is 30.2. The van der Waals surface area contributed by atoms with Gasteiger partial charge in [-0.3, -0.25) is 10.1 Å². The fourth-order valence-corrected chi connectivity index (χ4v) is 1.12. The molecule has 0 fully saturated rings. The molecule has 0 aliphatic carbocycles. The highest BCUT2D eigenvalue weighted by atomic mass is 16.6. The highest BCUT2D eigenvalue weighted by Crippen LogP contribution is 2.17. The van der Waals surface area contributed by atoms with Gasteiger partial charge in [-0.15, -0.1) is 0 Å².